The van der Waals surface area contributed by atoms with Gasteiger partial charge in [0.15, 0.2) is 6.61 Å². The first kappa shape index (κ1) is 14.8. The van der Waals surface area contributed by atoms with Crippen LogP contribution in [0.3, 0.4) is 0 Å². The number of hydrogen-bond donors (Lipinski definition) is 1. The highest BCUT2D eigenvalue weighted by Crippen LogP contribution is 2.20. The summed E-state index contributed by atoms with van der Waals surface area (Å²) in [7, 11) is 0. The Bertz CT molecular complexity index is 621. The van der Waals surface area contributed by atoms with E-state index in [1.54, 1.807) is 24.3 Å². The molecule has 0 fully saturated rings. The number of halogens is 2. The van der Waals surface area contributed by atoms with Crippen LogP contribution in [0.1, 0.15) is 17.6 Å². The van der Waals surface area contributed by atoms with E-state index in [9.17, 15) is 8.78 Å². The zero-order valence-electron chi connectivity index (χ0n) is 11.2. The number of ether oxygens (including phenoxy) is 1. The summed E-state index contributed by atoms with van der Waals surface area (Å²) < 4.78 is 30.3. The summed E-state index contributed by atoms with van der Waals surface area (Å²) in [6, 6.07) is 15.3. The van der Waals surface area contributed by atoms with Crippen molar-refractivity contribution in [2.45, 2.75) is 13.0 Å². The maximum atomic E-state index is 12.6. The Morgan fingerprint density at radius 3 is 2.57 bits per heavy atom. The Labute approximate surface area is 121 Å². The first-order valence-corrected chi connectivity index (χ1v) is 6.39. The van der Waals surface area contributed by atoms with Crippen LogP contribution in [-0.4, -0.2) is 6.61 Å². The summed E-state index contributed by atoms with van der Waals surface area (Å²) >= 11 is 0. The van der Waals surface area contributed by atoms with E-state index < -0.39 is 6.43 Å². The molecule has 0 bridgehead atoms. The third-order valence-electron chi connectivity index (χ3n) is 2.86. The minimum absolute atomic E-state index is 0.00714. The van der Waals surface area contributed by atoms with Crippen molar-refractivity contribution in [2.24, 2.45) is 0 Å². The standard InChI is InChI=1S/C16H14F2N2O/c17-16(18)13-3-1-2-12(10-13)11-20-14-4-6-15(7-5-14)21-9-8-19/h1-7,10,16,20H,9,11H2. The molecule has 0 spiro atoms. The number of rotatable bonds is 6. The van der Waals surface area contributed by atoms with Crippen molar-refractivity contribution in [3.8, 4) is 11.8 Å². The molecule has 2 rings (SSSR count). The number of nitrogens with zero attached hydrogens (tertiary/aromatic N) is 1. The second kappa shape index (κ2) is 7.25. The summed E-state index contributed by atoms with van der Waals surface area (Å²) in [5.41, 5.74) is 1.66. The molecule has 0 unspecified atom stereocenters. The topological polar surface area (TPSA) is 45.0 Å². The Kier molecular flexibility index (Phi) is 5.10. The highest BCUT2D eigenvalue weighted by atomic mass is 19.3. The van der Waals surface area contributed by atoms with E-state index in [1.165, 1.54) is 12.1 Å². The lowest BCUT2D eigenvalue weighted by atomic mass is 10.1. The maximum Gasteiger partial charge on any atom is 0.263 e. The van der Waals surface area contributed by atoms with Gasteiger partial charge in [0.25, 0.3) is 6.43 Å². The molecule has 2 aromatic carbocycles. The Balaban J connectivity index is 1.93. The van der Waals surface area contributed by atoms with Crippen LogP contribution in [-0.2, 0) is 6.54 Å². The van der Waals surface area contributed by atoms with Crippen molar-refractivity contribution in [1.29, 1.82) is 5.26 Å². The minimum atomic E-state index is -2.46. The van der Waals surface area contributed by atoms with Gasteiger partial charge in [-0.1, -0.05) is 18.2 Å². The predicted octanol–water partition coefficient (Wildman–Crippen LogP) is 4.14. The summed E-state index contributed by atoms with van der Waals surface area (Å²) in [6.45, 7) is 0.464. The lowest BCUT2D eigenvalue weighted by molar-refractivity contribution is 0.151. The van der Waals surface area contributed by atoms with E-state index in [1.807, 2.05) is 18.2 Å². The van der Waals surface area contributed by atoms with E-state index in [2.05, 4.69) is 5.32 Å². The molecule has 0 aliphatic heterocycles. The van der Waals surface area contributed by atoms with Crippen molar-refractivity contribution in [1.82, 2.24) is 0 Å². The minimum Gasteiger partial charge on any atom is -0.479 e. The van der Waals surface area contributed by atoms with Gasteiger partial charge in [0, 0.05) is 17.8 Å². The van der Waals surface area contributed by atoms with Crippen LogP contribution in [0, 0.1) is 11.3 Å². The third kappa shape index (κ3) is 4.46. The Morgan fingerprint density at radius 1 is 1.14 bits per heavy atom. The van der Waals surface area contributed by atoms with Crippen LogP contribution in [0.4, 0.5) is 14.5 Å². The Morgan fingerprint density at radius 2 is 1.90 bits per heavy atom. The van der Waals surface area contributed by atoms with Gasteiger partial charge in [-0.25, -0.2) is 8.78 Å². The van der Waals surface area contributed by atoms with Gasteiger partial charge in [-0.2, -0.15) is 5.26 Å². The zero-order chi connectivity index (χ0) is 15.1. The van der Waals surface area contributed by atoms with Gasteiger partial charge < -0.3 is 10.1 Å². The van der Waals surface area contributed by atoms with Gasteiger partial charge in [-0.3, -0.25) is 0 Å². The molecule has 0 saturated carbocycles. The Hall–Kier alpha value is -2.61. The van der Waals surface area contributed by atoms with E-state index in [-0.39, 0.29) is 12.2 Å². The smallest absolute Gasteiger partial charge is 0.263 e. The van der Waals surface area contributed by atoms with Gasteiger partial charge in [0.2, 0.25) is 0 Å². The highest BCUT2D eigenvalue weighted by Gasteiger charge is 2.06. The van der Waals surface area contributed by atoms with Crippen molar-refractivity contribution in [3.63, 3.8) is 0 Å². The second-order valence-corrected chi connectivity index (χ2v) is 4.37. The van der Waals surface area contributed by atoms with E-state index in [0.717, 1.165) is 11.3 Å². The average molecular weight is 288 g/mol. The normalized spacial score (nSPS) is 10.2. The molecule has 0 aromatic heterocycles. The van der Waals surface area contributed by atoms with Crippen LogP contribution in [0.2, 0.25) is 0 Å². The maximum absolute atomic E-state index is 12.6. The van der Waals surface area contributed by atoms with Crippen LogP contribution in [0.25, 0.3) is 0 Å². The molecule has 0 radical (unpaired) electrons. The van der Waals surface area contributed by atoms with Gasteiger partial charge in [-0.15, -0.1) is 0 Å². The number of anilines is 1. The van der Waals surface area contributed by atoms with Crippen LogP contribution in [0.15, 0.2) is 48.5 Å². The van der Waals surface area contributed by atoms with Crippen molar-refractivity contribution < 1.29 is 13.5 Å². The highest BCUT2D eigenvalue weighted by molar-refractivity contribution is 5.47. The molecule has 108 valence electrons. The van der Waals surface area contributed by atoms with Gasteiger partial charge >= 0.3 is 0 Å². The second-order valence-electron chi connectivity index (χ2n) is 4.37. The third-order valence-corrected chi connectivity index (χ3v) is 2.86. The summed E-state index contributed by atoms with van der Waals surface area (Å²) in [5.74, 6) is 0.613. The number of benzene rings is 2. The van der Waals surface area contributed by atoms with Crippen LogP contribution >= 0.6 is 0 Å². The van der Waals surface area contributed by atoms with Gasteiger partial charge in [0.1, 0.15) is 11.8 Å². The number of alkyl halides is 2. The molecule has 0 amide bonds. The van der Waals surface area contributed by atoms with Crippen LogP contribution in [0.5, 0.6) is 5.75 Å². The quantitative estimate of drug-likeness (QED) is 0.869. The molecule has 0 aliphatic rings. The zero-order valence-corrected chi connectivity index (χ0v) is 11.2. The summed E-state index contributed by atoms with van der Waals surface area (Å²) in [6.07, 6.45) is -2.46. The van der Waals surface area contributed by atoms with Crippen molar-refractivity contribution in [2.75, 3.05) is 11.9 Å². The van der Waals surface area contributed by atoms with Gasteiger partial charge in [0.05, 0.1) is 0 Å². The summed E-state index contributed by atoms with van der Waals surface area (Å²) in [5, 5.41) is 11.6. The molecule has 0 atom stereocenters. The first-order valence-electron chi connectivity index (χ1n) is 6.39. The first-order chi connectivity index (χ1) is 10.2. The number of nitriles is 1. The van der Waals surface area contributed by atoms with Crippen LogP contribution < -0.4 is 10.1 Å². The molecule has 0 aliphatic carbocycles. The molecule has 2 aromatic rings. The average Bonchev–Trinajstić information content (AvgIpc) is 2.52. The predicted molar refractivity (Wildman–Crippen MR) is 76.3 cm³/mol. The van der Waals surface area contributed by atoms with Crippen molar-refractivity contribution >= 4 is 5.69 Å². The molecule has 5 heteroatoms. The molecule has 21 heavy (non-hydrogen) atoms. The molecule has 3 nitrogen and oxygen atoms in total. The van der Waals surface area contributed by atoms with Gasteiger partial charge in [-0.05, 0) is 35.9 Å². The molecular formula is C16H14F2N2O. The molecule has 1 N–H and O–H groups in total. The van der Waals surface area contributed by atoms with E-state index >= 15 is 0 Å². The fourth-order valence-electron chi connectivity index (χ4n) is 1.83. The van der Waals surface area contributed by atoms with E-state index in [0.29, 0.717) is 12.3 Å². The largest absolute Gasteiger partial charge is 0.479 e. The molecule has 0 saturated heterocycles. The van der Waals surface area contributed by atoms with Crippen molar-refractivity contribution in [3.05, 3.63) is 59.7 Å². The monoisotopic (exact) mass is 288 g/mol. The molecular weight excluding hydrogens is 274 g/mol. The SMILES string of the molecule is N#CCOc1ccc(NCc2cccc(C(F)F)c2)cc1. The van der Waals surface area contributed by atoms with E-state index in [4.69, 9.17) is 10.00 Å². The lowest BCUT2D eigenvalue weighted by Gasteiger charge is -2.09. The molecule has 0 heterocycles. The summed E-state index contributed by atoms with van der Waals surface area (Å²) in [4.78, 5) is 0. The number of nitrogens with one attached hydrogen (secondary N) is 1. The lowest BCUT2D eigenvalue weighted by Crippen LogP contribution is -2.00. The number of hydrogen-bond acceptors (Lipinski definition) is 3. The fourth-order valence-corrected chi connectivity index (χ4v) is 1.83. The fraction of sp³-hybridized carbons (Fsp3) is 0.188.